The topological polar surface area (TPSA) is 113 Å². The lowest BCUT2D eigenvalue weighted by molar-refractivity contribution is -0.132. The number of nitrogens with one attached hydrogen (secondary N) is 3. The van der Waals surface area contributed by atoms with Gasteiger partial charge in [-0.2, -0.15) is 0 Å². The van der Waals surface area contributed by atoms with E-state index in [1.807, 2.05) is 30.3 Å². The first-order chi connectivity index (χ1) is 22.4. The molecule has 9 nitrogen and oxygen atoms in total. The van der Waals surface area contributed by atoms with Crippen LogP contribution in [0, 0.1) is 11.8 Å². The van der Waals surface area contributed by atoms with E-state index in [2.05, 4.69) is 20.9 Å². The molecular weight excluding hydrogens is 604 g/mol. The third-order valence-corrected chi connectivity index (χ3v) is 10.2. The molecule has 2 aromatic carbocycles. The van der Waals surface area contributed by atoms with E-state index < -0.39 is 17.5 Å². The van der Waals surface area contributed by atoms with Crippen molar-refractivity contribution >= 4 is 40.3 Å². The molecule has 3 amide bonds. The van der Waals surface area contributed by atoms with E-state index in [4.69, 9.17) is 20.8 Å². The number of hydrogen-bond acceptors (Lipinski definition) is 6. The maximum absolute atomic E-state index is 14.0. The zero-order valence-corrected chi connectivity index (χ0v) is 27.2. The quantitative estimate of drug-likeness (QED) is 0.266. The standard InChI is InChI=1S/C36H45ClN4O5/c37-29-8-9-31-28(21-29)22-32(46-31)34(43)40-36(14-4-5-15-36)35(44)39-30(20-25-6-2-1-3-7-25)33(42)38-23-26-10-16-41(17-11-26)24-27-12-18-45-19-13-27/h1-3,6-9,21-22,26-27,30H,4-5,10-20,23-24H2,(H,38,42)(H,39,44)(H,40,43)/t30-/m1/s1. The fraction of sp³-hybridized carbons (Fsp3) is 0.528. The minimum atomic E-state index is -1.12. The molecule has 6 rings (SSSR count). The minimum absolute atomic E-state index is 0.119. The number of piperidine rings is 1. The second kappa shape index (κ2) is 15.0. The summed E-state index contributed by atoms with van der Waals surface area (Å²) in [5.74, 6) is 0.246. The average Bonchev–Trinajstić information content (AvgIpc) is 3.73. The Labute approximate surface area is 275 Å². The van der Waals surface area contributed by atoms with E-state index >= 15 is 0 Å². The number of rotatable bonds is 11. The molecule has 0 bridgehead atoms. The second-order valence-electron chi connectivity index (χ2n) is 13.3. The van der Waals surface area contributed by atoms with E-state index in [0.717, 1.165) is 82.9 Å². The Kier molecular flexibility index (Phi) is 10.6. The first kappa shape index (κ1) is 32.5. The second-order valence-corrected chi connectivity index (χ2v) is 13.7. The summed E-state index contributed by atoms with van der Waals surface area (Å²) in [7, 11) is 0. The van der Waals surface area contributed by atoms with Crippen molar-refractivity contribution in [2.45, 2.75) is 69.4 Å². The van der Waals surface area contributed by atoms with E-state index in [1.165, 1.54) is 0 Å². The van der Waals surface area contributed by atoms with Gasteiger partial charge in [0.2, 0.25) is 11.8 Å². The van der Waals surface area contributed by atoms with Gasteiger partial charge in [0, 0.05) is 43.1 Å². The highest BCUT2D eigenvalue weighted by atomic mass is 35.5. The lowest BCUT2D eigenvalue weighted by Crippen LogP contribution is -2.61. The Balaban J connectivity index is 1.08. The number of amides is 3. The summed E-state index contributed by atoms with van der Waals surface area (Å²) in [5.41, 5.74) is 0.374. The van der Waals surface area contributed by atoms with Gasteiger partial charge < -0.3 is 30.0 Å². The maximum atomic E-state index is 14.0. The highest BCUT2D eigenvalue weighted by Gasteiger charge is 2.44. The van der Waals surface area contributed by atoms with Gasteiger partial charge in [0.05, 0.1) is 0 Å². The first-order valence-corrected chi connectivity index (χ1v) is 17.2. The lowest BCUT2D eigenvalue weighted by atomic mass is 9.93. The van der Waals surface area contributed by atoms with E-state index in [0.29, 0.717) is 47.7 Å². The van der Waals surface area contributed by atoms with Crippen LogP contribution in [-0.2, 0) is 20.7 Å². The van der Waals surface area contributed by atoms with Gasteiger partial charge in [-0.25, -0.2) is 0 Å². The van der Waals surface area contributed by atoms with Gasteiger partial charge in [-0.1, -0.05) is 54.8 Å². The van der Waals surface area contributed by atoms with Gasteiger partial charge in [0.1, 0.15) is 17.2 Å². The molecule has 1 atom stereocenters. The molecule has 2 saturated heterocycles. The van der Waals surface area contributed by atoms with Gasteiger partial charge in [-0.05, 0) is 93.3 Å². The molecule has 3 aromatic rings. The number of carbonyl (C=O) groups is 3. The molecule has 3 heterocycles. The van der Waals surface area contributed by atoms with Crippen LogP contribution in [0.1, 0.15) is 67.5 Å². The van der Waals surface area contributed by atoms with Crippen LogP contribution < -0.4 is 16.0 Å². The molecular formula is C36H45ClN4O5. The Hall–Kier alpha value is -3.40. The van der Waals surface area contributed by atoms with Crippen molar-refractivity contribution in [2.24, 2.45) is 11.8 Å². The molecule has 1 saturated carbocycles. The lowest BCUT2D eigenvalue weighted by Gasteiger charge is -2.35. The number of carbonyl (C=O) groups excluding carboxylic acids is 3. The number of halogens is 1. The third kappa shape index (κ3) is 8.11. The number of furan rings is 1. The molecule has 3 aliphatic rings. The smallest absolute Gasteiger partial charge is 0.287 e. The number of hydrogen-bond donors (Lipinski definition) is 3. The molecule has 0 unspecified atom stereocenters. The molecule has 10 heteroatoms. The van der Waals surface area contributed by atoms with Gasteiger partial charge in [-0.15, -0.1) is 0 Å². The summed E-state index contributed by atoms with van der Waals surface area (Å²) in [6.07, 6.45) is 7.31. The number of fused-ring (bicyclic) bond motifs is 1. The summed E-state index contributed by atoms with van der Waals surface area (Å²) in [5, 5.41) is 10.5. The third-order valence-electron chi connectivity index (χ3n) is 9.98. The molecule has 0 spiro atoms. The summed E-state index contributed by atoms with van der Waals surface area (Å²) in [6.45, 7) is 5.56. The largest absolute Gasteiger partial charge is 0.451 e. The Morgan fingerprint density at radius 1 is 0.935 bits per heavy atom. The Morgan fingerprint density at radius 2 is 1.67 bits per heavy atom. The summed E-state index contributed by atoms with van der Waals surface area (Å²) in [4.78, 5) is 43.6. The van der Waals surface area contributed by atoms with Crippen LogP contribution in [0.3, 0.4) is 0 Å². The van der Waals surface area contributed by atoms with Crippen molar-refractivity contribution in [1.29, 1.82) is 0 Å². The van der Waals surface area contributed by atoms with Crippen LogP contribution in [0.4, 0.5) is 0 Å². The summed E-state index contributed by atoms with van der Waals surface area (Å²) < 4.78 is 11.3. The van der Waals surface area contributed by atoms with Crippen molar-refractivity contribution in [3.8, 4) is 0 Å². The maximum Gasteiger partial charge on any atom is 0.287 e. The van der Waals surface area contributed by atoms with Crippen molar-refractivity contribution in [3.05, 3.63) is 70.9 Å². The van der Waals surface area contributed by atoms with E-state index in [-0.39, 0.29) is 17.6 Å². The van der Waals surface area contributed by atoms with E-state index in [1.54, 1.807) is 24.3 Å². The summed E-state index contributed by atoms with van der Waals surface area (Å²) >= 11 is 6.11. The van der Waals surface area contributed by atoms with Crippen molar-refractivity contribution in [3.63, 3.8) is 0 Å². The predicted molar refractivity (Wildman–Crippen MR) is 178 cm³/mol. The monoisotopic (exact) mass is 648 g/mol. The molecule has 3 fully saturated rings. The predicted octanol–water partition coefficient (Wildman–Crippen LogP) is 5.11. The highest BCUT2D eigenvalue weighted by Crippen LogP contribution is 2.32. The Morgan fingerprint density at radius 3 is 2.41 bits per heavy atom. The highest BCUT2D eigenvalue weighted by molar-refractivity contribution is 6.31. The van der Waals surface area contributed by atoms with E-state index in [9.17, 15) is 14.4 Å². The van der Waals surface area contributed by atoms with Gasteiger partial charge in [-0.3, -0.25) is 14.4 Å². The first-order valence-electron chi connectivity index (χ1n) is 16.8. The van der Waals surface area contributed by atoms with Crippen LogP contribution in [-0.4, -0.2) is 73.6 Å². The van der Waals surface area contributed by atoms with Crippen LogP contribution in [0.5, 0.6) is 0 Å². The molecule has 2 aliphatic heterocycles. The minimum Gasteiger partial charge on any atom is -0.451 e. The zero-order chi connectivity index (χ0) is 31.9. The van der Waals surface area contributed by atoms with Crippen LogP contribution >= 0.6 is 11.6 Å². The van der Waals surface area contributed by atoms with Crippen LogP contribution in [0.2, 0.25) is 5.02 Å². The van der Waals surface area contributed by atoms with Gasteiger partial charge >= 0.3 is 0 Å². The molecule has 46 heavy (non-hydrogen) atoms. The molecule has 3 N–H and O–H groups in total. The van der Waals surface area contributed by atoms with Crippen molar-refractivity contribution in [1.82, 2.24) is 20.9 Å². The van der Waals surface area contributed by atoms with Gasteiger partial charge in [0.25, 0.3) is 5.91 Å². The van der Waals surface area contributed by atoms with Gasteiger partial charge in [0.15, 0.2) is 5.76 Å². The van der Waals surface area contributed by atoms with Crippen molar-refractivity contribution < 1.29 is 23.5 Å². The SMILES string of the molecule is O=C(NC1(C(=O)N[C@H](Cc2ccccc2)C(=O)NCC2CCN(CC3CCOCC3)CC2)CCCC1)c1cc2cc(Cl)ccc2o1. The zero-order valence-electron chi connectivity index (χ0n) is 26.4. The van der Waals surface area contributed by atoms with Crippen molar-refractivity contribution in [2.75, 3.05) is 39.4 Å². The Bertz CT molecular complexity index is 1490. The normalized spacial score (nSPS) is 19.9. The fourth-order valence-corrected chi connectivity index (χ4v) is 7.36. The average molecular weight is 649 g/mol. The number of likely N-dealkylation sites (tertiary alicyclic amines) is 1. The molecule has 0 radical (unpaired) electrons. The van der Waals surface area contributed by atoms with Crippen LogP contribution in [0.15, 0.2) is 59.0 Å². The number of ether oxygens (including phenoxy) is 1. The number of benzene rings is 2. The number of nitrogens with zero attached hydrogens (tertiary/aromatic N) is 1. The summed E-state index contributed by atoms with van der Waals surface area (Å²) in [6, 6.07) is 15.7. The fourth-order valence-electron chi connectivity index (χ4n) is 7.18. The molecule has 1 aromatic heterocycles. The molecule has 1 aliphatic carbocycles. The molecule has 246 valence electrons. The van der Waals surface area contributed by atoms with Crippen LogP contribution in [0.25, 0.3) is 11.0 Å².